The lowest BCUT2D eigenvalue weighted by molar-refractivity contribution is 0.0898. The second kappa shape index (κ2) is 4.01. The first kappa shape index (κ1) is 10.0. The maximum Gasteiger partial charge on any atom is 0.149 e. The zero-order valence-corrected chi connectivity index (χ0v) is 9.52. The largest absolute Gasteiger partial charge is 0.376 e. The fourth-order valence-electron chi connectivity index (χ4n) is 2.38. The number of nitrogens with one attached hydrogen (secondary N) is 1. The van der Waals surface area contributed by atoms with Gasteiger partial charge in [0.05, 0.1) is 18.3 Å². The van der Waals surface area contributed by atoms with Gasteiger partial charge in [-0.1, -0.05) is 0 Å². The minimum absolute atomic E-state index is 0.391. The molecule has 1 saturated carbocycles. The summed E-state index contributed by atoms with van der Waals surface area (Å²) >= 11 is 0. The average molecular weight is 219 g/mol. The summed E-state index contributed by atoms with van der Waals surface area (Å²) < 4.78 is 5.78. The molecule has 2 atom stereocenters. The van der Waals surface area contributed by atoms with Crippen LogP contribution in [-0.4, -0.2) is 29.0 Å². The molecule has 2 heterocycles. The second-order valence-electron chi connectivity index (χ2n) is 4.83. The van der Waals surface area contributed by atoms with Crippen LogP contribution in [0.5, 0.6) is 0 Å². The van der Waals surface area contributed by atoms with Gasteiger partial charge in [0.1, 0.15) is 5.82 Å². The Morgan fingerprint density at radius 1 is 1.38 bits per heavy atom. The summed E-state index contributed by atoms with van der Waals surface area (Å²) in [4.78, 5) is 0. The molecule has 16 heavy (non-hydrogen) atoms. The average Bonchev–Trinajstić information content (AvgIpc) is 3.00. The van der Waals surface area contributed by atoms with Gasteiger partial charge in [0.2, 0.25) is 0 Å². The van der Waals surface area contributed by atoms with Gasteiger partial charge in [-0.05, 0) is 43.7 Å². The van der Waals surface area contributed by atoms with Crippen LogP contribution in [-0.2, 0) is 4.74 Å². The fourth-order valence-corrected chi connectivity index (χ4v) is 2.38. The van der Waals surface area contributed by atoms with Crippen molar-refractivity contribution in [3.05, 3.63) is 17.8 Å². The minimum atomic E-state index is 0.391. The van der Waals surface area contributed by atoms with E-state index in [-0.39, 0.29) is 0 Å². The van der Waals surface area contributed by atoms with Gasteiger partial charge < -0.3 is 10.1 Å². The van der Waals surface area contributed by atoms with Crippen LogP contribution in [0.25, 0.3) is 0 Å². The molecule has 0 bridgehead atoms. The van der Waals surface area contributed by atoms with Crippen LogP contribution in [0.2, 0.25) is 0 Å². The summed E-state index contributed by atoms with van der Waals surface area (Å²) in [6, 6.07) is 2.46. The van der Waals surface area contributed by atoms with Crippen molar-refractivity contribution in [1.82, 2.24) is 10.2 Å². The Bertz CT molecular complexity index is 378. The Labute approximate surface area is 95.4 Å². The molecule has 0 amide bonds. The SMILES string of the molecule is Cc1cnnc(NC2CCOC2C2CC2)c1. The lowest BCUT2D eigenvalue weighted by Crippen LogP contribution is -2.31. The van der Waals surface area contributed by atoms with E-state index >= 15 is 0 Å². The number of aromatic nitrogens is 2. The molecule has 0 spiro atoms. The fraction of sp³-hybridized carbons (Fsp3) is 0.667. The highest BCUT2D eigenvalue weighted by atomic mass is 16.5. The van der Waals surface area contributed by atoms with E-state index in [0.717, 1.165) is 30.3 Å². The third-order valence-corrected chi connectivity index (χ3v) is 3.35. The Hall–Kier alpha value is -1.16. The summed E-state index contributed by atoms with van der Waals surface area (Å²) in [6.07, 6.45) is 5.89. The highest BCUT2D eigenvalue weighted by Gasteiger charge is 2.40. The highest BCUT2D eigenvalue weighted by Crippen LogP contribution is 2.39. The van der Waals surface area contributed by atoms with Gasteiger partial charge in [0.25, 0.3) is 0 Å². The highest BCUT2D eigenvalue weighted by molar-refractivity contribution is 5.37. The zero-order chi connectivity index (χ0) is 11.0. The number of rotatable bonds is 3. The molecule has 4 nitrogen and oxygen atoms in total. The van der Waals surface area contributed by atoms with Crippen molar-refractivity contribution in [2.75, 3.05) is 11.9 Å². The van der Waals surface area contributed by atoms with Crippen molar-refractivity contribution >= 4 is 5.82 Å². The summed E-state index contributed by atoms with van der Waals surface area (Å²) in [6.45, 7) is 2.90. The van der Waals surface area contributed by atoms with Gasteiger partial charge in [0.15, 0.2) is 0 Å². The van der Waals surface area contributed by atoms with E-state index in [1.165, 1.54) is 12.8 Å². The summed E-state index contributed by atoms with van der Waals surface area (Å²) in [7, 11) is 0. The third-order valence-electron chi connectivity index (χ3n) is 3.35. The number of anilines is 1. The quantitative estimate of drug-likeness (QED) is 0.841. The van der Waals surface area contributed by atoms with Crippen molar-refractivity contribution in [1.29, 1.82) is 0 Å². The third kappa shape index (κ3) is 2.02. The van der Waals surface area contributed by atoms with E-state index in [4.69, 9.17) is 4.74 Å². The Kier molecular flexibility index (Phi) is 2.52. The predicted molar refractivity (Wildman–Crippen MR) is 61.3 cm³/mol. The first-order valence-electron chi connectivity index (χ1n) is 6.00. The van der Waals surface area contributed by atoms with Crippen LogP contribution in [0.3, 0.4) is 0 Å². The van der Waals surface area contributed by atoms with Gasteiger partial charge in [0, 0.05) is 6.61 Å². The van der Waals surface area contributed by atoms with E-state index in [2.05, 4.69) is 15.5 Å². The zero-order valence-electron chi connectivity index (χ0n) is 9.52. The predicted octanol–water partition coefficient (Wildman–Crippen LogP) is 1.76. The van der Waals surface area contributed by atoms with Gasteiger partial charge in [-0.3, -0.25) is 0 Å². The number of hydrogen-bond donors (Lipinski definition) is 1. The van der Waals surface area contributed by atoms with Crippen LogP contribution < -0.4 is 5.32 Å². The normalized spacial score (nSPS) is 29.3. The van der Waals surface area contributed by atoms with E-state index in [0.29, 0.717) is 12.1 Å². The molecule has 4 heteroatoms. The summed E-state index contributed by atoms with van der Waals surface area (Å²) in [5, 5.41) is 11.5. The molecule has 1 aliphatic carbocycles. The molecular weight excluding hydrogens is 202 g/mol. The van der Waals surface area contributed by atoms with E-state index in [9.17, 15) is 0 Å². The van der Waals surface area contributed by atoms with Crippen molar-refractivity contribution in [2.45, 2.75) is 38.3 Å². The number of ether oxygens (including phenoxy) is 1. The molecule has 1 aromatic rings. The summed E-state index contributed by atoms with van der Waals surface area (Å²) in [5.41, 5.74) is 1.14. The number of hydrogen-bond acceptors (Lipinski definition) is 4. The smallest absolute Gasteiger partial charge is 0.149 e. The molecule has 1 aliphatic heterocycles. The molecule has 1 N–H and O–H groups in total. The maximum atomic E-state index is 5.78. The lowest BCUT2D eigenvalue weighted by Gasteiger charge is -2.19. The van der Waals surface area contributed by atoms with Gasteiger partial charge >= 0.3 is 0 Å². The van der Waals surface area contributed by atoms with Crippen LogP contribution in [0.4, 0.5) is 5.82 Å². The Morgan fingerprint density at radius 2 is 2.25 bits per heavy atom. The number of aryl methyl sites for hydroxylation is 1. The Balaban J connectivity index is 1.69. The van der Waals surface area contributed by atoms with E-state index in [1.807, 2.05) is 13.0 Å². The van der Waals surface area contributed by atoms with Gasteiger partial charge in [-0.15, -0.1) is 5.10 Å². The topological polar surface area (TPSA) is 47.0 Å². The molecule has 0 radical (unpaired) electrons. The standard InChI is InChI=1S/C12H17N3O/c1-8-6-11(15-13-7-8)14-10-4-5-16-12(10)9-2-3-9/h6-7,9-10,12H,2-5H2,1H3,(H,14,15). The molecule has 86 valence electrons. The summed E-state index contributed by atoms with van der Waals surface area (Å²) in [5.74, 6) is 1.65. The van der Waals surface area contributed by atoms with E-state index < -0.39 is 0 Å². The molecule has 0 aromatic carbocycles. The second-order valence-corrected chi connectivity index (χ2v) is 4.83. The monoisotopic (exact) mass is 219 g/mol. The van der Waals surface area contributed by atoms with Crippen molar-refractivity contribution in [3.63, 3.8) is 0 Å². The van der Waals surface area contributed by atoms with Crippen LogP contribution >= 0.6 is 0 Å². The molecule has 1 aromatic heterocycles. The molecule has 3 rings (SSSR count). The minimum Gasteiger partial charge on any atom is -0.376 e. The van der Waals surface area contributed by atoms with Crippen molar-refractivity contribution < 1.29 is 4.74 Å². The first-order valence-corrected chi connectivity index (χ1v) is 6.00. The molecule has 2 fully saturated rings. The van der Waals surface area contributed by atoms with Gasteiger partial charge in [-0.25, -0.2) is 0 Å². The molecule has 1 saturated heterocycles. The van der Waals surface area contributed by atoms with Gasteiger partial charge in [-0.2, -0.15) is 5.10 Å². The van der Waals surface area contributed by atoms with Crippen LogP contribution in [0, 0.1) is 12.8 Å². The van der Waals surface area contributed by atoms with E-state index in [1.54, 1.807) is 6.20 Å². The molecule has 2 aliphatic rings. The van der Waals surface area contributed by atoms with Crippen molar-refractivity contribution in [3.8, 4) is 0 Å². The first-order chi connectivity index (χ1) is 7.83. The molecular formula is C12H17N3O. The lowest BCUT2D eigenvalue weighted by atomic mass is 10.1. The molecule has 2 unspecified atom stereocenters. The van der Waals surface area contributed by atoms with Crippen LogP contribution in [0.1, 0.15) is 24.8 Å². The maximum absolute atomic E-state index is 5.78. The van der Waals surface area contributed by atoms with Crippen LogP contribution in [0.15, 0.2) is 12.3 Å². The Morgan fingerprint density at radius 3 is 3.00 bits per heavy atom. The number of nitrogens with zero attached hydrogens (tertiary/aromatic N) is 2. The van der Waals surface area contributed by atoms with Crippen molar-refractivity contribution in [2.24, 2.45) is 5.92 Å².